The first-order valence-corrected chi connectivity index (χ1v) is 4.35. The summed E-state index contributed by atoms with van der Waals surface area (Å²) < 4.78 is 27.0. The van der Waals surface area contributed by atoms with Crippen LogP contribution in [0.25, 0.3) is 5.69 Å². The van der Waals surface area contributed by atoms with Crippen LogP contribution in [0.15, 0.2) is 23.0 Å². The van der Waals surface area contributed by atoms with Gasteiger partial charge in [0.2, 0.25) is 4.77 Å². The third-order valence-electron chi connectivity index (χ3n) is 1.83. The number of hydrogen-bond acceptors (Lipinski definition) is 2. The summed E-state index contributed by atoms with van der Waals surface area (Å²) in [7, 11) is 0. The van der Waals surface area contributed by atoms with E-state index in [-0.39, 0.29) is 10.5 Å². The molecule has 0 unspecified atom stereocenters. The largest absolute Gasteiger partial charge is 0.347 e. The van der Waals surface area contributed by atoms with Crippen LogP contribution >= 0.6 is 12.2 Å². The number of H-pyrrole nitrogens is 2. The van der Waals surface area contributed by atoms with Gasteiger partial charge in [-0.3, -0.25) is 5.10 Å². The summed E-state index contributed by atoms with van der Waals surface area (Å²) in [6, 6.07) is 2.79. The summed E-state index contributed by atoms with van der Waals surface area (Å²) in [5, 5.41) is 4.50. The molecule has 0 amide bonds. The van der Waals surface area contributed by atoms with Gasteiger partial charge in [-0.25, -0.2) is 23.2 Å². The summed E-state index contributed by atoms with van der Waals surface area (Å²) in [6.07, 6.45) is 0. The van der Waals surface area contributed by atoms with E-state index in [9.17, 15) is 13.6 Å². The maximum absolute atomic E-state index is 13.3. The second kappa shape index (κ2) is 3.43. The van der Waals surface area contributed by atoms with Gasteiger partial charge in [0.15, 0.2) is 0 Å². The number of halogens is 2. The van der Waals surface area contributed by atoms with Crippen LogP contribution < -0.4 is 5.69 Å². The molecule has 15 heavy (non-hydrogen) atoms. The van der Waals surface area contributed by atoms with Gasteiger partial charge >= 0.3 is 5.69 Å². The van der Waals surface area contributed by atoms with E-state index in [0.29, 0.717) is 0 Å². The molecule has 2 rings (SSSR count). The minimum absolute atomic E-state index is 0.0236. The Balaban J connectivity index is 2.79. The number of aromatic amines is 2. The smallest absolute Gasteiger partial charge is 0.272 e. The van der Waals surface area contributed by atoms with Crippen LogP contribution in [0, 0.1) is 16.4 Å². The Morgan fingerprint density at radius 1 is 1.27 bits per heavy atom. The molecule has 0 aliphatic rings. The first-order valence-electron chi connectivity index (χ1n) is 3.95. The molecular formula is C8H5F2N3OS. The van der Waals surface area contributed by atoms with E-state index >= 15 is 0 Å². The standard InChI is InChI=1S/C8H5F2N3OS/c9-4-1-2-5(10)6(3-4)13-7(14)11-12-8(13)15/h1-3H,(H,11,14)(H,12,15). The fourth-order valence-electron chi connectivity index (χ4n) is 1.19. The van der Waals surface area contributed by atoms with E-state index in [1.165, 1.54) is 0 Å². The lowest BCUT2D eigenvalue weighted by Crippen LogP contribution is -2.16. The number of nitrogens with one attached hydrogen (secondary N) is 2. The highest BCUT2D eigenvalue weighted by atomic mass is 32.1. The first kappa shape index (κ1) is 9.78. The molecule has 0 fully saturated rings. The fraction of sp³-hybridized carbons (Fsp3) is 0. The maximum atomic E-state index is 13.3. The predicted molar refractivity (Wildman–Crippen MR) is 51.5 cm³/mol. The minimum Gasteiger partial charge on any atom is -0.272 e. The lowest BCUT2D eigenvalue weighted by Gasteiger charge is -2.01. The Hall–Kier alpha value is -1.76. The molecular weight excluding hydrogens is 224 g/mol. The predicted octanol–water partition coefficient (Wildman–Crippen LogP) is 1.50. The van der Waals surface area contributed by atoms with Gasteiger partial charge in [-0.05, 0) is 24.4 Å². The Morgan fingerprint density at radius 2 is 2.00 bits per heavy atom. The van der Waals surface area contributed by atoms with Crippen LogP contribution in [-0.4, -0.2) is 14.8 Å². The van der Waals surface area contributed by atoms with E-state index in [2.05, 4.69) is 10.2 Å². The first-order chi connectivity index (χ1) is 7.09. The topological polar surface area (TPSA) is 53.6 Å². The average molecular weight is 229 g/mol. The van der Waals surface area contributed by atoms with Crippen molar-refractivity contribution in [3.63, 3.8) is 0 Å². The van der Waals surface area contributed by atoms with Crippen molar-refractivity contribution in [2.45, 2.75) is 0 Å². The summed E-state index contributed by atoms with van der Waals surface area (Å²) in [4.78, 5) is 11.2. The third kappa shape index (κ3) is 1.61. The molecule has 0 aliphatic carbocycles. The van der Waals surface area contributed by atoms with E-state index < -0.39 is 17.3 Å². The van der Waals surface area contributed by atoms with Crippen LogP contribution in [0.4, 0.5) is 8.78 Å². The molecule has 0 bridgehead atoms. The fourth-order valence-corrected chi connectivity index (χ4v) is 1.42. The molecule has 0 radical (unpaired) electrons. The van der Waals surface area contributed by atoms with Crippen molar-refractivity contribution in [3.8, 4) is 5.69 Å². The van der Waals surface area contributed by atoms with Gasteiger partial charge in [0.1, 0.15) is 11.6 Å². The molecule has 0 saturated carbocycles. The summed E-state index contributed by atoms with van der Waals surface area (Å²) in [5.74, 6) is -1.37. The van der Waals surface area contributed by atoms with Crippen molar-refractivity contribution in [2.24, 2.45) is 0 Å². The molecule has 1 heterocycles. The van der Waals surface area contributed by atoms with Crippen LogP contribution in [0.3, 0.4) is 0 Å². The van der Waals surface area contributed by atoms with E-state index in [1.54, 1.807) is 0 Å². The monoisotopic (exact) mass is 229 g/mol. The van der Waals surface area contributed by atoms with Crippen molar-refractivity contribution < 1.29 is 8.78 Å². The number of hydrogen-bond donors (Lipinski definition) is 2. The minimum atomic E-state index is -0.724. The van der Waals surface area contributed by atoms with Gasteiger partial charge in [-0.2, -0.15) is 0 Å². The molecule has 7 heteroatoms. The van der Waals surface area contributed by atoms with Gasteiger partial charge in [-0.1, -0.05) is 0 Å². The molecule has 0 saturated heterocycles. The van der Waals surface area contributed by atoms with Gasteiger partial charge in [0.05, 0.1) is 5.69 Å². The summed E-state index contributed by atoms with van der Waals surface area (Å²) in [6.45, 7) is 0. The zero-order chi connectivity index (χ0) is 11.0. The summed E-state index contributed by atoms with van der Waals surface area (Å²) >= 11 is 4.74. The molecule has 1 aromatic heterocycles. The van der Waals surface area contributed by atoms with E-state index in [0.717, 1.165) is 22.8 Å². The van der Waals surface area contributed by atoms with E-state index in [4.69, 9.17) is 12.2 Å². The Bertz CT molecular complexity index is 585. The molecule has 0 atom stereocenters. The van der Waals surface area contributed by atoms with Crippen molar-refractivity contribution in [1.29, 1.82) is 0 Å². The Morgan fingerprint density at radius 3 is 2.60 bits per heavy atom. The van der Waals surface area contributed by atoms with Gasteiger partial charge in [0, 0.05) is 6.07 Å². The van der Waals surface area contributed by atoms with Crippen LogP contribution in [0.2, 0.25) is 0 Å². The quantitative estimate of drug-likeness (QED) is 0.728. The lowest BCUT2D eigenvalue weighted by molar-refractivity contribution is 0.590. The van der Waals surface area contributed by atoms with Crippen LogP contribution in [0.5, 0.6) is 0 Å². The average Bonchev–Trinajstić information content (AvgIpc) is 2.51. The van der Waals surface area contributed by atoms with Gasteiger partial charge in [-0.15, -0.1) is 0 Å². The Labute approximate surface area is 87.2 Å². The van der Waals surface area contributed by atoms with Crippen molar-refractivity contribution in [2.75, 3.05) is 0 Å². The molecule has 0 spiro atoms. The molecule has 1 aromatic carbocycles. The number of rotatable bonds is 1. The number of aromatic nitrogens is 3. The van der Waals surface area contributed by atoms with Crippen LogP contribution in [0.1, 0.15) is 0 Å². The van der Waals surface area contributed by atoms with E-state index in [1.807, 2.05) is 0 Å². The van der Waals surface area contributed by atoms with Crippen molar-refractivity contribution >= 4 is 12.2 Å². The molecule has 4 nitrogen and oxygen atoms in total. The van der Waals surface area contributed by atoms with Gasteiger partial charge < -0.3 is 0 Å². The number of benzene rings is 1. The highest BCUT2D eigenvalue weighted by Crippen LogP contribution is 2.12. The van der Waals surface area contributed by atoms with Crippen molar-refractivity contribution in [3.05, 3.63) is 45.1 Å². The molecule has 2 aromatic rings. The normalized spacial score (nSPS) is 10.5. The maximum Gasteiger partial charge on any atom is 0.347 e. The van der Waals surface area contributed by atoms with Crippen LogP contribution in [-0.2, 0) is 0 Å². The molecule has 0 aliphatic heterocycles. The summed E-state index contributed by atoms with van der Waals surface area (Å²) in [5.41, 5.74) is -0.869. The van der Waals surface area contributed by atoms with Crippen molar-refractivity contribution in [1.82, 2.24) is 14.8 Å². The molecule has 2 N–H and O–H groups in total. The SMILES string of the molecule is O=c1[nH][nH]c(=S)n1-c1cc(F)ccc1F. The second-order valence-electron chi connectivity index (χ2n) is 2.79. The zero-order valence-corrected chi connectivity index (χ0v) is 8.07. The lowest BCUT2D eigenvalue weighted by atomic mass is 10.3. The van der Waals surface area contributed by atoms with Gasteiger partial charge in [0.25, 0.3) is 0 Å². The third-order valence-corrected chi connectivity index (χ3v) is 2.12. The highest BCUT2D eigenvalue weighted by Gasteiger charge is 2.09. The highest BCUT2D eigenvalue weighted by molar-refractivity contribution is 7.71. The Kier molecular flexibility index (Phi) is 2.24. The second-order valence-corrected chi connectivity index (χ2v) is 3.18. The zero-order valence-electron chi connectivity index (χ0n) is 7.25. The molecule has 78 valence electrons. The number of nitrogens with zero attached hydrogens (tertiary/aromatic N) is 1.